The maximum absolute atomic E-state index is 11.3. The lowest BCUT2D eigenvalue weighted by Gasteiger charge is -1.99. The Morgan fingerprint density at radius 3 is 2.72 bits per heavy atom. The summed E-state index contributed by atoms with van der Waals surface area (Å²) in [6, 6.07) is 4.12. The van der Waals surface area contributed by atoms with Gasteiger partial charge in [0.05, 0.1) is 0 Å². The molecule has 0 saturated heterocycles. The molecule has 0 unspecified atom stereocenters. The predicted molar refractivity (Wildman–Crippen MR) is 71.3 cm³/mol. The Morgan fingerprint density at radius 1 is 1.28 bits per heavy atom. The number of hydrogen-bond acceptors (Lipinski definition) is 5. The van der Waals surface area contributed by atoms with Crippen LogP contribution in [0.25, 0.3) is 0 Å². The quantitative estimate of drug-likeness (QED) is 0.236. The van der Waals surface area contributed by atoms with Crippen LogP contribution in [0.3, 0.4) is 0 Å². The first-order chi connectivity index (χ1) is 8.63. The van der Waals surface area contributed by atoms with Crippen molar-refractivity contribution in [1.29, 1.82) is 0 Å². The molecule has 0 aliphatic carbocycles. The molecule has 4 N–H and O–H groups in total. The van der Waals surface area contributed by atoms with Gasteiger partial charge in [0.25, 0.3) is 5.91 Å². The molecule has 1 aromatic carbocycles. The first-order valence-electron chi connectivity index (χ1n) is 5.32. The van der Waals surface area contributed by atoms with E-state index in [4.69, 9.17) is 5.11 Å². The van der Waals surface area contributed by atoms with Crippen molar-refractivity contribution in [3.05, 3.63) is 23.8 Å². The van der Waals surface area contributed by atoms with Gasteiger partial charge in [-0.05, 0) is 24.6 Å². The van der Waals surface area contributed by atoms with Gasteiger partial charge in [-0.1, -0.05) is 18.7 Å². The van der Waals surface area contributed by atoms with Crippen LogP contribution in [-0.4, -0.2) is 29.2 Å². The fourth-order valence-electron chi connectivity index (χ4n) is 1.14. The Balaban J connectivity index is 2.48. The minimum atomic E-state index is -0.387. The van der Waals surface area contributed by atoms with Crippen LogP contribution in [0.4, 0.5) is 0 Å². The van der Waals surface area contributed by atoms with Gasteiger partial charge >= 0.3 is 0 Å². The van der Waals surface area contributed by atoms with Crippen LogP contribution in [-0.2, 0) is 4.79 Å². The summed E-state index contributed by atoms with van der Waals surface area (Å²) in [7, 11) is 0. The molecule has 18 heavy (non-hydrogen) atoms. The number of hydrogen-bond donors (Lipinski definition) is 5. The lowest BCUT2D eigenvalue weighted by atomic mass is 10.2. The van der Waals surface area contributed by atoms with Crippen LogP contribution in [0.1, 0.15) is 12.0 Å². The van der Waals surface area contributed by atoms with E-state index in [1.54, 1.807) is 0 Å². The number of nitrogens with one attached hydrogen (secondary N) is 2. The Labute approximate surface area is 111 Å². The highest BCUT2D eigenvalue weighted by molar-refractivity contribution is 7.78. The largest absolute Gasteiger partial charge is 0.504 e. The Kier molecular flexibility index (Phi) is 5.91. The summed E-state index contributed by atoms with van der Waals surface area (Å²) in [5.74, 6) is 4.11. The molecular weight excluding hydrogens is 252 g/mol. The molecule has 96 valence electrons. The molecule has 5 nitrogen and oxygen atoms in total. The predicted octanol–water partition coefficient (Wildman–Crippen LogP) is 0.390. The van der Waals surface area contributed by atoms with Crippen molar-refractivity contribution in [2.45, 2.75) is 6.42 Å². The Morgan fingerprint density at radius 2 is 2.06 bits per heavy atom. The monoisotopic (exact) mass is 266 g/mol. The average molecular weight is 266 g/mol. The standard InChI is InChI=1S/C12H14N2O3S/c15-10-4-2-9(8-11(10)16)3-5-12(17)13-6-1-7-14-18/h2,4,8,14-16,18H,1,6-7H2,(H,13,17). The number of carbonyl (C=O) groups excluding carboxylic acids is 1. The molecule has 1 rings (SSSR count). The second-order valence-electron chi connectivity index (χ2n) is 3.47. The van der Waals surface area contributed by atoms with Gasteiger partial charge in [-0.25, -0.2) is 0 Å². The Hall–Kier alpha value is -1.84. The van der Waals surface area contributed by atoms with Crippen LogP contribution in [0.5, 0.6) is 11.5 Å². The summed E-state index contributed by atoms with van der Waals surface area (Å²) in [4.78, 5) is 11.3. The number of benzene rings is 1. The minimum absolute atomic E-state index is 0.218. The number of rotatable bonds is 4. The van der Waals surface area contributed by atoms with Crippen molar-refractivity contribution < 1.29 is 15.0 Å². The van der Waals surface area contributed by atoms with Gasteiger partial charge in [0.1, 0.15) is 0 Å². The molecule has 0 radical (unpaired) electrons. The van der Waals surface area contributed by atoms with Gasteiger partial charge in [0, 0.05) is 24.6 Å². The summed E-state index contributed by atoms with van der Waals surface area (Å²) < 4.78 is 2.67. The Bertz CT molecular complexity index is 480. The third kappa shape index (κ3) is 4.99. The summed E-state index contributed by atoms with van der Waals surface area (Å²) in [5.41, 5.74) is 0.456. The lowest BCUT2D eigenvalue weighted by molar-refractivity contribution is -0.115. The van der Waals surface area contributed by atoms with Gasteiger partial charge in [-0.15, -0.1) is 0 Å². The molecule has 1 amide bonds. The van der Waals surface area contributed by atoms with Crippen LogP contribution >= 0.6 is 12.8 Å². The van der Waals surface area contributed by atoms with Crippen molar-refractivity contribution in [1.82, 2.24) is 10.0 Å². The minimum Gasteiger partial charge on any atom is -0.504 e. The number of phenolic OH excluding ortho intramolecular Hbond substituents is 2. The zero-order chi connectivity index (χ0) is 13.4. The summed E-state index contributed by atoms with van der Waals surface area (Å²) in [6.45, 7) is 1.21. The van der Waals surface area contributed by atoms with E-state index in [1.807, 2.05) is 0 Å². The molecule has 0 spiro atoms. The maximum Gasteiger partial charge on any atom is 0.296 e. The van der Waals surface area contributed by atoms with Crippen molar-refractivity contribution in [3.8, 4) is 23.3 Å². The van der Waals surface area contributed by atoms with E-state index in [2.05, 4.69) is 34.7 Å². The normalized spacial score (nSPS) is 9.39. The van der Waals surface area contributed by atoms with Gasteiger partial charge in [0.15, 0.2) is 11.5 Å². The third-order valence-electron chi connectivity index (χ3n) is 2.05. The van der Waals surface area contributed by atoms with Gasteiger partial charge in [-0.3, -0.25) is 9.52 Å². The fraction of sp³-hybridized carbons (Fsp3) is 0.250. The van der Waals surface area contributed by atoms with Crippen LogP contribution in [0.15, 0.2) is 18.2 Å². The maximum atomic E-state index is 11.3. The van der Waals surface area contributed by atoms with E-state index in [1.165, 1.54) is 18.2 Å². The van der Waals surface area contributed by atoms with Crippen molar-refractivity contribution in [2.24, 2.45) is 0 Å². The molecular formula is C12H14N2O3S. The molecule has 0 saturated carbocycles. The molecule has 0 aromatic heterocycles. The number of amides is 1. The average Bonchev–Trinajstić information content (AvgIpc) is 2.36. The SMILES string of the molecule is O=C(C#Cc1ccc(O)c(O)c1)NCCCNS. The van der Waals surface area contributed by atoms with E-state index in [-0.39, 0.29) is 17.4 Å². The molecule has 6 heteroatoms. The number of aromatic hydroxyl groups is 2. The van der Waals surface area contributed by atoms with Gasteiger partial charge in [0.2, 0.25) is 0 Å². The molecule has 0 heterocycles. The second kappa shape index (κ2) is 7.48. The van der Waals surface area contributed by atoms with E-state index in [9.17, 15) is 9.90 Å². The summed E-state index contributed by atoms with van der Waals surface area (Å²) in [5, 5.41) is 20.9. The van der Waals surface area contributed by atoms with Crippen molar-refractivity contribution >= 4 is 18.7 Å². The molecule has 1 aromatic rings. The molecule has 0 aliphatic rings. The fourth-order valence-corrected chi connectivity index (χ4v) is 1.30. The molecule has 0 aliphatic heterocycles. The zero-order valence-electron chi connectivity index (χ0n) is 9.60. The number of carbonyl (C=O) groups is 1. The van der Waals surface area contributed by atoms with Gasteiger partial charge in [-0.2, -0.15) is 0 Å². The highest BCUT2D eigenvalue weighted by Crippen LogP contribution is 2.24. The van der Waals surface area contributed by atoms with E-state index in [0.29, 0.717) is 18.7 Å². The lowest BCUT2D eigenvalue weighted by Crippen LogP contribution is -2.24. The second-order valence-corrected chi connectivity index (χ2v) is 3.79. The van der Waals surface area contributed by atoms with Crippen LogP contribution in [0.2, 0.25) is 0 Å². The molecule has 0 fully saturated rings. The van der Waals surface area contributed by atoms with Crippen LogP contribution < -0.4 is 10.0 Å². The summed E-state index contributed by atoms with van der Waals surface area (Å²) in [6.07, 6.45) is 0.761. The first kappa shape index (κ1) is 14.2. The zero-order valence-corrected chi connectivity index (χ0v) is 10.5. The van der Waals surface area contributed by atoms with Crippen molar-refractivity contribution in [3.63, 3.8) is 0 Å². The highest BCUT2D eigenvalue weighted by atomic mass is 32.1. The van der Waals surface area contributed by atoms with Crippen LogP contribution in [0, 0.1) is 11.8 Å². The van der Waals surface area contributed by atoms with Crippen molar-refractivity contribution in [2.75, 3.05) is 13.1 Å². The van der Waals surface area contributed by atoms with E-state index < -0.39 is 0 Å². The van der Waals surface area contributed by atoms with E-state index >= 15 is 0 Å². The topological polar surface area (TPSA) is 81.6 Å². The third-order valence-corrected chi connectivity index (χ3v) is 2.27. The summed E-state index contributed by atoms with van der Waals surface area (Å²) >= 11 is 3.82. The first-order valence-corrected chi connectivity index (χ1v) is 5.77. The highest BCUT2D eigenvalue weighted by Gasteiger charge is 1.98. The number of phenols is 2. The van der Waals surface area contributed by atoms with Gasteiger partial charge < -0.3 is 15.5 Å². The smallest absolute Gasteiger partial charge is 0.296 e. The number of thiol groups is 1. The molecule has 0 atom stereocenters. The molecule has 0 bridgehead atoms. The van der Waals surface area contributed by atoms with E-state index in [0.717, 1.165) is 6.42 Å².